The van der Waals surface area contributed by atoms with E-state index in [0.29, 0.717) is 43.2 Å². The van der Waals surface area contributed by atoms with E-state index in [4.69, 9.17) is 11.6 Å². The molecule has 0 spiro atoms. The first kappa shape index (κ1) is 16.0. The minimum Gasteiger partial charge on any atom is -0.339 e. The number of hydrogen-bond acceptors (Lipinski definition) is 3. The fourth-order valence-corrected chi connectivity index (χ4v) is 3.43. The number of piperazine rings is 1. The van der Waals surface area contributed by atoms with E-state index in [2.05, 4.69) is 0 Å². The normalized spacial score (nSPS) is 14.8. The second-order valence-electron chi connectivity index (χ2n) is 5.44. The summed E-state index contributed by atoms with van der Waals surface area (Å²) in [6.45, 7) is 2.31. The molecule has 3 rings (SSSR count). The summed E-state index contributed by atoms with van der Waals surface area (Å²) in [5.41, 5.74) is 0.632. The van der Waals surface area contributed by atoms with Gasteiger partial charge in [0, 0.05) is 41.6 Å². The van der Waals surface area contributed by atoms with E-state index in [0.717, 1.165) is 4.88 Å². The molecule has 0 aliphatic carbocycles. The molecule has 1 aromatic carbocycles. The molecule has 0 atom stereocenters. The SMILES string of the molecule is O=C(Cc1cccs1)N1CCN(C(=O)c2ccc(Cl)cc2)CC1. The van der Waals surface area contributed by atoms with Crippen molar-refractivity contribution in [2.75, 3.05) is 26.2 Å². The summed E-state index contributed by atoms with van der Waals surface area (Å²) in [5.74, 6) is 0.123. The summed E-state index contributed by atoms with van der Waals surface area (Å²) in [4.78, 5) is 29.4. The molecule has 0 radical (unpaired) electrons. The van der Waals surface area contributed by atoms with Gasteiger partial charge in [-0.2, -0.15) is 0 Å². The van der Waals surface area contributed by atoms with Crippen LogP contribution in [0.2, 0.25) is 5.02 Å². The Bertz CT molecular complexity index is 677. The lowest BCUT2D eigenvalue weighted by atomic mass is 10.1. The van der Waals surface area contributed by atoms with Crippen molar-refractivity contribution in [3.05, 3.63) is 57.2 Å². The largest absolute Gasteiger partial charge is 0.339 e. The molecule has 120 valence electrons. The smallest absolute Gasteiger partial charge is 0.253 e. The lowest BCUT2D eigenvalue weighted by Crippen LogP contribution is -2.50. The van der Waals surface area contributed by atoms with Crippen molar-refractivity contribution in [3.8, 4) is 0 Å². The van der Waals surface area contributed by atoms with Crippen LogP contribution in [-0.4, -0.2) is 47.8 Å². The van der Waals surface area contributed by atoms with Crippen molar-refractivity contribution in [2.45, 2.75) is 6.42 Å². The Labute approximate surface area is 144 Å². The van der Waals surface area contributed by atoms with Crippen LogP contribution in [0.15, 0.2) is 41.8 Å². The molecule has 0 bridgehead atoms. The van der Waals surface area contributed by atoms with Gasteiger partial charge in [-0.25, -0.2) is 0 Å². The van der Waals surface area contributed by atoms with E-state index < -0.39 is 0 Å². The molecule has 0 saturated carbocycles. The van der Waals surface area contributed by atoms with Crippen molar-refractivity contribution < 1.29 is 9.59 Å². The number of hydrogen-bond donors (Lipinski definition) is 0. The quantitative estimate of drug-likeness (QED) is 0.855. The molecular formula is C17H17ClN2O2S. The number of nitrogens with zero attached hydrogens (tertiary/aromatic N) is 2. The van der Waals surface area contributed by atoms with Gasteiger partial charge in [0.1, 0.15) is 0 Å². The van der Waals surface area contributed by atoms with E-state index in [-0.39, 0.29) is 11.8 Å². The van der Waals surface area contributed by atoms with Crippen LogP contribution < -0.4 is 0 Å². The molecule has 4 nitrogen and oxygen atoms in total. The summed E-state index contributed by atoms with van der Waals surface area (Å²) >= 11 is 7.44. The predicted molar refractivity (Wildman–Crippen MR) is 92.0 cm³/mol. The first-order chi connectivity index (χ1) is 11.1. The molecule has 2 aromatic rings. The van der Waals surface area contributed by atoms with Crippen LogP contribution in [0.4, 0.5) is 0 Å². The molecule has 1 aliphatic rings. The molecule has 6 heteroatoms. The number of rotatable bonds is 3. The van der Waals surface area contributed by atoms with Gasteiger partial charge in [-0.15, -0.1) is 11.3 Å². The molecule has 2 heterocycles. The zero-order valence-electron chi connectivity index (χ0n) is 12.6. The molecule has 1 fully saturated rings. The third-order valence-corrected chi connectivity index (χ3v) is 5.04. The third-order valence-electron chi connectivity index (χ3n) is 3.92. The number of thiophene rings is 1. The Morgan fingerprint density at radius 2 is 1.65 bits per heavy atom. The van der Waals surface area contributed by atoms with Crippen LogP contribution in [0, 0.1) is 0 Å². The van der Waals surface area contributed by atoms with Crippen LogP contribution in [0.5, 0.6) is 0 Å². The predicted octanol–water partition coefficient (Wildman–Crippen LogP) is 2.93. The first-order valence-electron chi connectivity index (χ1n) is 7.48. The van der Waals surface area contributed by atoms with Gasteiger partial charge >= 0.3 is 0 Å². The van der Waals surface area contributed by atoms with Crippen LogP contribution in [0.1, 0.15) is 15.2 Å². The summed E-state index contributed by atoms with van der Waals surface area (Å²) in [6.07, 6.45) is 0.447. The summed E-state index contributed by atoms with van der Waals surface area (Å²) < 4.78 is 0. The Hall–Kier alpha value is -1.85. The Balaban J connectivity index is 1.54. The van der Waals surface area contributed by atoms with E-state index in [1.807, 2.05) is 22.4 Å². The maximum Gasteiger partial charge on any atom is 0.253 e. The maximum absolute atomic E-state index is 12.4. The molecule has 0 N–H and O–H groups in total. The van der Waals surface area contributed by atoms with Crippen molar-refractivity contribution in [1.82, 2.24) is 9.80 Å². The second-order valence-corrected chi connectivity index (χ2v) is 6.90. The molecule has 23 heavy (non-hydrogen) atoms. The fraction of sp³-hybridized carbons (Fsp3) is 0.294. The minimum atomic E-state index is -0.00739. The minimum absolute atomic E-state index is 0.00739. The first-order valence-corrected chi connectivity index (χ1v) is 8.74. The highest BCUT2D eigenvalue weighted by Crippen LogP contribution is 2.15. The van der Waals surface area contributed by atoms with E-state index in [1.165, 1.54) is 0 Å². The third kappa shape index (κ3) is 3.92. The highest BCUT2D eigenvalue weighted by atomic mass is 35.5. The van der Waals surface area contributed by atoms with E-state index >= 15 is 0 Å². The lowest BCUT2D eigenvalue weighted by molar-refractivity contribution is -0.131. The fourth-order valence-electron chi connectivity index (χ4n) is 2.61. The van der Waals surface area contributed by atoms with Crippen molar-refractivity contribution >= 4 is 34.8 Å². The maximum atomic E-state index is 12.4. The summed E-state index contributed by atoms with van der Waals surface area (Å²) in [7, 11) is 0. The standard InChI is InChI=1S/C17H17ClN2O2S/c18-14-5-3-13(4-6-14)17(22)20-9-7-19(8-10-20)16(21)12-15-2-1-11-23-15/h1-6,11H,7-10,12H2. The highest BCUT2D eigenvalue weighted by molar-refractivity contribution is 7.10. The Kier molecular flexibility index (Phi) is 4.98. The average Bonchev–Trinajstić information content (AvgIpc) is 3.08. The number of amides is 2. The number of benzene rings is 1. The topological polar surface area (TPSA) is 40.6 Å². The van der Waals surface area contributed by atoms with Crippen molar-refractivity contribution in [1.29, 1.82) is 0 Å². The molecule has 1 aliphatic heterocycles. The summed E-state index contributed by atoms with van der Waals surface area (Å²) in [5, 5.41) is 2.59. The molecule has 2 amide bonds. The van der Waals surface area contributed by atoms with E-state index in [1.54, 1.807) is 40.5 Å². The number of carbonyl (C=O) groups excluding carboxylic acids is 2. The molecule has 1 saturated heterocycles. The number of halogens is 1. The van der Waals surface area contributed by atoms with Crippen LogP contribution in [-0.2, 0) is 11.2 Å². The number of carbonyl (C=O) groups is 2. The summed E-state index contributed by atoms with van der Waals surface area (Å²) in [6, 6.07) is 10.8. The zero-order chi connectivity index (χ0) is 16.2. The van der Waals surface area contributed by atoms with E-state index in [9.17, 15) is 9.59 Å². The van der Waals surface area contributed by atoms with Crippen molar-refractivity contribution in [3.63, 3.8) is 0 Å². The zero-order valence-corrected chi connectivity index (χ0v) is 14.1. The van der Waals surface area contributed by atoms with Gasteiger partial charge in [-0.1, -0.05) is 17.7 Å². The van der Waals surface area contributed by atoms with Gasteiger partial charge in [-0.3, -0.25) is 9.59 Å². The molecule has 1 aromatic heterocycles. The van der Waals surface area contributed by atoms with Gasteiger partial charge in [-0.05, 0) is 35.7 Å². The Morgan fingerprint density at radius 1 is 1.00 bits per heavy atom. The average molecular weight is 349 g/mol. The van der Waals surface area contributed by atoms with Crippen LogP contribution in [0.3, 0.4) is 0 Å². The van der Waals surface area contributed by atoms with Gasteiger partial charge < -0.3 is 9.80 Å². The van der Waals surface area contributed by atoms with Gasteiger partial charge in [0.2, 0.25) is 5.91 Å². The van der Waals surface area contributed by atoms with Crippen LogP contribution >= 0.6 is 22.9 Å². The molecular weight excluding hydrogens is 332 g/mol. The monoisotopic (exact) mass is 348 g/mol. The lowest BCUT2D eigenvalue weighted by Gasteiger charge is -2.34. The van der Waals surface area contributed by atoms with Crippen LogP contribution in [0.25, 0.3) is 0 Å². The second kappa shape index (κ2) is 7.15. The Morgan fingerprint density at radius 3 is 2.26 bits per heavy atom. The van der Waals surface area contributed by atoms with Gasteiger partial charge in [0.25, 0.3) is 5.91 Å². The van der Waals surface area contributed by atoms with Gasteiger partial charge in [0.05, 0.1) is 6.42 Å². The highest BCUT2D eigenvalue weighted by Gasteiger charge is 2.24. The van der Waals surface area contributed by atoms with Crippen molar-refractivity contribution in [2.24, 2.45) is 0 Å². The van der Waals surface area contributed by atoms with Gasteiger partial charge in [0.15, 0.2) is 0 Å². The molecule has 0 unspecified atom stereocenters.